The van der Waals surface area contributed by atoms with Crippen LogP contribution in [0.3, 0.4) is 0 Å². The molecule has 178 valence electrons. The van der Waals surface area contributed by atoms with Crippen LogP contribution < -0.4 is 11.1 Å². The van der Waals surface area contributed by atoms with Gasteiger partial charge in [-0.25, -0.2) is 9.37 Å². The highest BCUT2D eigenvalue weighted by atomic mass is 19.1. The van der Waals surface area contributed by atoms with Crippen LogP contribution in [-0.2, 0) is 17.9 Å². The molecule has 1 aliphatic rings. The van der Waals surface area contributed by atoms with Gasteiger partial charge in [0.1, 0.15) is 17.3 Å². The van der Waals surface area contributed by atoms with Crippen LogP contribution in [0.25, 0.3) is 11.4 Å². The lowest BCUT2D eigenvalue weighted by molar-refractivity contribution is -0.127. The third-order valence-electron chi connectivity index (χ3n) is 6.17. The second kappa shape index (κ2) is 9.43. The summed E-state index contributed by atoms with van der Waals surface area (Å²) in [5.74, 6) is -2.05. The first kappa shape index (κ1) is 24.6. The highest BCUT2D eigenvalue weighted by Gasteiger charge is 2.35. The summed E-state index contributed by atoms with van der Waals surface area (Å²) < 4.78 is 16.4. The van der Waals surface area contributed by atoms with Crippen LogP contribution in [0.4, 0.5) is 4.39 Å². The topological polar surface area (TPSA) is 110 Å². The van der Waals surface area contributed by atoms with Crippen LogP contribution in [0, 0.1) is 17.2 Å². The number of nitrogens with two attached hydrogens (primary N) is 1. The van der Waals surface area contributed by atoms with Gasteiger partial charge in [0.15, 0.2) is 5.78 Å². The van der Waals surface area contributed by atoms with Crippen molar-refractivity contribution in [1.82, 2.24) is 19.8 Å². The van der Waals surface area contributed by atoms with Gasteiger partial charge < -0.3 is 20.5 Å². The van der Waals surface area contributed by atoms with Crippen molar-refractivity contribution >= 4 is 17.6 Å². The van der Waals surface area contributed by atoms with E-state index in [-0.39, 0.29) is 23.7 Å². The van der Waals surface area contributed by atoms with Crippen LogP contribution in [0.1, 0.15) is 60.2 Å². The number of ketones is 1. The minimum atomic E-state index is -0.846. The Kier molecular flexibility index (Phi) is 7.02. The largest absolute Gasteiger partial charge is 0.366 e. The number of benzene rings is 1. The number of hydrogen-bond donors (Lipinski definition) is 2. The zero-order valence-corrected chi connectivity index (χ0v) is 19.9. The molecule has 9 heteroatoms. The van der Waals surface area contributed by atoms with Gasteiger partial charge in [-0.2, -0.15) is 0 Å². The molecule has 1 atom stereocenters. The number of aromatic nitrogens is 2. The summed E-state index contributed by atoms with van der Waals surface area (Å²) in [4.78, 5) is 44.1. The van der Waals surface area contributed by atoms with Gasteiger partial charge in [0.25, 0.3) is 5.91 Å². The van der Waals surface area contributed by atoms with E-state index in [9.17, 15) is 18.8 Å². The second-order valence-electron chi connectivity index (χ2n) is 9.69. The first-order valence-corrected chi connectivity index (χ1v) is 11.1. The van der Waals surface area contributed by atoms with Crippen molar-refractivity contribution in [2.75, 3.05) is 20.6 Å². The maximum atomic E-state index is 14.5. The number of imidazole rings is 1. The van der Waals surface area contributed by atoms with E-state index in [2.05, 4.69) is 15.2 Å². The Morgan fingerprint density at radius 1 is 1.24 bits per heavy atom. The van der Waals surface area contributed by atoms with E-state index < -0.39 is 23.1 Å². The molecule has 0 saturated heterocycles. The number of primary amides is 1. The summed E-state index contributed by atoms with van der Waals surface area (Å²) in [7, 11) is 3.53. The van der Waals surface area contributed by atoms with E-state index >= 15 is 0 Å². The first-order chi connectivity index (χ1) is 15.4. The summed E-state index contributed by atoms with van der Waals surface area (Å²) in [6.07, 6.45) is 0.858. The van der Waals surface area contributed by atoms with Crippen molar-refractivity contribution in [3.05, 3.63) is 41.0 Å². The summed E-state index contributed by atoms with van der Waals surface area (Å²) in [6, 6.07) is 4.14. The molecule has 0 fully saturated rings. The molecule has 0 aliphatic carbocycles. The smallest absolute Gasteiger partial charge is 0.251 e. The third kappa shape index (κ3) is 5.13. The molecule has 0 saturated carbocycles. The molecule has 3 rings (SSSR count). The van der Waals surface area contributed by atoms with Crippen molar-refractivity contribution in [2.24, 2.45) is 17.1 Å². The molecule has 33 heavy (non-hydrogen) atoms. The fourth-order valence-corrected chi connectivity index (χ4v) is 4.27. The fourth-order valence-electron chi connectivity index (χ4n) is 4.27. The molecule has 2 amide bonds. The Morgan fingerprint density at radius 3 is 2.52 bits per heavy atom. The van der Waals surface area contributed by atoms with E-state index in [4.69, 9.17) is 5.73 Å². The van der Waals surface area contributed by atoms with E-state index in [0.29, 0.717) is 30.2 Å². The molecule has 2 heterocycles. The molecule has 1 aromatic carbocycles. The summed E-state index contributed by atoms with van der Waals surface area (Å²) in [6.45, 7) is 7.75. The zero-order chi connectivity index (χ0) is 24.5. The number of nitrogens with one attached hydrogen (secondary N) is 1. The number of hydrogen-bond acceptors (Lipinski definition) is 5. The Morgan fingerprint density at radius 2 is 1.94 bits per heavy atom. The third-order valence-corrected chi connectivity index (χ3v) is 6.17. The first-order valence-electron chi connectivity index (χ1n) is 11.1. The van der Waals surface area contributed by atoms with Gasteiger partial charge in [-0.05, 0) is 37.6 Å². The lowest BCUT2D eigenvalue weighted by Crippen LogP contribution is -2.37. The molecule has 1 aromatic heterocycles. The lowest BCUT2D eigenvalue weighted by atomic mass is 9.77. The maximum absolute atomic E-state index is 14.5. The predicted octanol–water partition coefficient (Wildman–Crippen LogP) is 2.60. The van der Waals surface area contributed by atoms with E-state index in [1.54, 1.807) is 13.1 Å². The molecule has 2 aromatic rings. The molecule has 1 aliphatic heterocycles. The number of rotatable bonds is 6. The van der Waals surface area contributed by atoms with Gasteiger partial charge in [0.05, 0.1) is 17.2 Å². The summed E-state index contributed by atoms with van der Waals surface area (Å²) in [5, 5.41) is 2.66. The van der Waals surface area contributed by atoms with Crippen molar-refractivity contribution in [2.45, 2.75) is 46.7 Å². The lowest BCUT2D eigenvalue weighted by Gasteiger charge is -2.28. The van der Waals surface area contributed by atoms with Gasteiger partial charge >= 0.3 is 0 Å². The molecule has 3 N–H and O–H groups in total. The number of amides is 2. The monoisotopic (exact) mass is 457 g/mol. The number of halogens is 1. The molecule has 0 unspecified atom stereocenters. The van der Waals surface area contributed by atoms with E-state index in [0.717, 1.165) is 18.7 Å². The van der Waals surface area contributed by atoms with E-state index in [1.165, 1.54) is 12.1 Å². The number of carbonyl (C=O) groups is 3. The molecule has 0 bridgehead atoms. The fraction of sp³-hybridized carbons (Fsp3) is 0.500. The summed E-state index contributed by atoms with van der Waals surface area (Å²) in [5.41, 5.74) is 6.12. The van der Waals surface area contributed by atoms with Crippen LogP contribution in [0.15, 0.2) is 18.2 Å². The SMILES string of the molecule is CNC(=O)[C@@H](CC(=O)c1nc(-c2ccc(C(N)=O)c(F)c2)n2c1CN(C)CCC2)C(C)(C)C. The van der Waals surface area contributed by atoms with Crippen LogP contribution in [0.5, 0.6) is 0 Å². The number of nitrogens with zero attached hydrogens (tertiary/aromatic N) is 3. The normalized spacial score (nSPS) is 15.5. The highest BCUT2D eigenvalue weighted by Crippen LogP contribution is 2.32. The van der Waals surface area contributed by atoms with Crippen molar-refractivity contribution in [1.29, 1.82) is 0 Å². The molecular formula is C24H32FN5O3. The van der Waals surface area contributed by atoms with Gasteiger partial charge in [-0.1, -0.05) is 26.8 Å². The Balaban J connectivity index is 2.08. The van der Waals surface area contributed by atoms with Gasteiger partial charge in [-0.15, -0.1) is 0 Å². The van der Waals surface area contributed by atoms with Crippen molar-refractivity contribution in [3.63, 3.8) is 0 Å². The average molecular weight is 458 g/mol. The predicted molar refractivity (Wildman–Crippen MR) is 123 cm³/mol. The Hall–Kier alpha value is -3.07. The number of Topliss-reactive ketones (excluding diaryl/α,β-unsaturated/α-hetero) is 1. The van der Waals surface area contributed by atoms with E-state index in [1.807, 2.05) is 32.4 Å². The second-order valence-corrected chi connectivity index (χ2v) is 9.69. The average Bonchev–Trinajstić information content (AvgIpc) is 2.96. The minimum Gasteiger partial charge on any atom is -0.366 e. The Bertz CT molecular complexity index is 1090. The number of carbonyl (C=O) groups excluding carboxylic acids is 3. The Labute approximate surface area is 193 Å². The number of fused-ring (bicyclic) bond motifs is 1. The maximum Gasteiger partial charge on any atom is 0.251 e. The minimum absolute atomic E-state index is 0.0192. The zero-order valence-electron chi connectivity index (χ0n) is 19.9. The molecule has 0 spiro atoms. The van der Waals surface area contributed by atoms with Crippen LogP contribution in [0.2, 0.25) is 0 Å². The van der Waals surface area contributed by atoms with Gasteiger partial charge in [0, 0.05) is 32.1 Å². The standard InChI is InChI=1S/C24H32FN5O3/c1-24(2,3)16(23(33)27-4)12-19(31)20-18-13-29(5)9-6-10-30(18)22(28-20)14-7-8-15(21(26)32)17(25)11-14/h7-8,11,16H,6,9-10,12-13H2,1-5H3,(H2,26,32)(H,27,33)/t16-/m1/s1. The van der Waals surface area contributed by atoms with Gasteiger partial charge in [-0.3, -0.25) is 14.4 Å². The molecule has 8 nitrogen and oxygen atoms in total. The van der Waals surface area contributed by atoms with Crippen LogP contribution in [-0.4, -0.2) is 52.7 Å². The molecule has 0 radical (unpaired) electrons. The quantitative estimate of drug-likeness (QED) is 0.648. The molecular weight excluding hydrogens is 425 g/mol. The summed E-state index contributed by atoms with van der Waals surface area (Å²) >= 11 is 0. The van der Waals surface area contributed by atoms with Crippen molar-refractivity contribution in [3.8, 4) is 11.4 Å². The highest BCUT2D eigenvalue weighted by molar-refractivity contribution is 5.99. The van der Waals surface area contributed by atoms with Crippen LogP contribution >= 0.6 is 0 Å². The van der Waals surface area contributed by atoms with Crippen molar-refractivity contribution < 1.29 is 18.8 Å². The van der Waals surface area contributed by atoms with Gasteiger partial charge in [0.2, 0.25) is 5.91 Å².